The zero-order chi connectivity index (χ0) is 11.5. The Morgan fingerprint density at radius 1 is 1.31 bits per heavy atom. The molecule has 0 radical (unpaired) electrons. The highest BCUT2D eigenvalue weighted by atomic mass is 32.1. The summed E-state index contributed by atoms with van der Waals surface area (Å²) in [6, 6.07) is 9.21. The minimum atomic E-state index is -0.869. The first-order chi connectivity index (χ1) is 7.74. The van der Waals surface area contributed by atoms with Gasteiger partial charge < -0.3 is 5.11 Å². The summed E-state index contributed by atoms with van der Waals surface area (Å²) in [5, 5.41) is 11.1. The van der Waals surface area contributed by atoms with Gasteiger partial charge in [0.2, 0.25) is 0 Å². The molecule has 0 aliphatic rings. The van der Waals surface area contributed by atoms with Gasteiger partial charge in [-0.25, -0.2) is 4.79 Å². The predicted molar refractivity (Wildman–Crippen MR) is 66.1 cm³/mol. The quantitative estimate of drug-likeness (QED) is 0.876. The van der Waals surface area contributed by atoms with Gasteiger partial charge in [0.1, 0.15) is 0 Å². The number of carbonyl (C=O) groups is 1. The molecule has 0 amide bonds. The number of carboxylic acids is 1. The van der Waals surface area contributed by atoms with Gasteiger partial charge >= 0.3 is 5.97 Å². The third kappa shape index (κ3) is 1.86. The number of carboxylic acid groups (broad SMARTS) is 1. The second kappa shape index (κ2) is 4.49. The molecule has 0 aliphatic carbocycles. The van der Waals surface area contributed by atoms with Crippen LogP contribution in [0.5, 0.6) is 0 Å². The standard InChI is InChI=1S/C13H12O2S/c1-2-9-7-8-16-12(9)10-5-3-4-6-11(10)13(14)15/h3-8H,2H2,1H3,(H,14,15). The van der Waals surface area contributed by atoms with Crippen molar-refractivity contribution in [1.29, 1.82) is 0 Å². The third-order valence-corrected chi connectivity index (χ3v) is 3.52. The smallest absolute Gasteiger partial charge is 0.336 e. The molecule has 0 atom stereocenters. The van der Waals surface area contributed by atoms with Crippen molar-refractivity contribution in [2.24, 2.45) is 0 Å². The fourth-order valence-electron chi connectivity index (χ4n) is 1.72. The number of hydrogen-bond donors (Lipinski definition) is 1. The summed E-state index contributed by atoms with van der Waals surface area (Å²) in [6.07, 6.45) is 0.923. The molecule has 0 fully saturated rings. The van der Waals surface area contributed by atoms with Gasteiger partial charge in [0, 0.05) is 10.4 Å². The molecule has 1 aromatic heterocycles. The van der Waals surface area contributed by atoms with Crippen LogP contribution >= 0.6 is 11.3 Å². The van der Waals surface area contributed by atoms with E-state index in [1.807, 2.05) is 17.5 Å². The van der Waals surface area contributed by atoms with E-state index in [2.05, 4.69) is 13.0 Å². The number of thiophene rings is 1. The van der Waals surface area contributed by atoms with Gasteiger partial charge in [-0.05, 0) is 29.5 Å². The lowest BCUT2D eigenvalue weighted by molar-refractivity contribution is 0.0698. The van der Waals surface area contributed by atoms with E-state index in [9.17, 15) is 4.79 Å². The predicted octanol–water partition coefficient (Wildman–Crippen LogP) is 3.68. The molecule has 0 bridgehead atoms. The van der Waals surface area contributed by atoms with E-state index < -0.39 is 5.97 Å². The number of hydrogen-bond acceptors (Lipinski definition) is 2. The lowest BCUT2D eigenvalue weighted by Crippen LogP contribution is -1.99. The lowest BCUT2D eigenvalue weighted by Gasteiger charge is -2.05. The maximum atomic E-state index is 11.1. The molecular formula is C13H12O2S. The first-order valence-electron chi connectivity index (χ1n) is 5.13. The Morgan fingerprint density at radius 2 is 2.06 bits per heavy atom. The first kappa shape index (κ1) is 10.9. The van der Waals surface area contributed by atoms with Crippen molar-refractivity contribution >= 4 is 17.3 Å². The molecule has 1 N–H and O–H groups in total. The molecule has 0 saturated heterocycles. The maximum absolute atomic E-state index is 11.1. The molecule has 0 aliphatic heterocycles. The van der Waals surface area contributed by atoms with Crippen molar-refractivity contribution in [1.82, 2.24) is 0 Å². The van der Waals surface area contributed by atoms with Gasteiger partial charge in [-0.15, -0.1) is 11.3 Å². The lowest BCUT2D eigenvalue weighted by atomic mass is 10.0. The van der Waals surface area contributed by atoms with Crippen LogP contribution in [0.3, 0.4) is 0 Å². The van der Waals surface area contributed by atoms with Gasteiger partial charge in [0.05, 0.1) is 5.56 Å². The summed E-state index contributed by atoms with van der Waals surface area (Å²) < 4.78 is 0. The Balaban J connectivity index is 2.60. The van der Waals surface area contributed by atoms with E-state index >= 15 is 0 Å². The second-order valence-corrected chi connectivity index (χ2v) is 4.40. The minimum absolute atomic E-state index is 0.375. The fourth-order valence-corrected chi connectivity index (χ4v) is 2.76. The maximum Gasteiger partial charge on any atom is 0.336 e. The van der Waals surface area contributed by atoms with Crippen LogP contribution in [0.15, 0.2) is 35.7 Å². The second-order valence-electron chi connectivity index (χ2n) is 3.48. The Morgan fingerprint density at radius 3 is 2.75 bits per heavy atom. The van der Waals surface area contributed by atoms with Crippen LogP contribution in [0, 0.1) is 0 Å². The summed E-state index contributed by atoms with van der Waals surface area (Å²) in [4.78, 5) is 12.2. The van der Waals surface area contributed by atoms with Crippen molar-refractivity contribution < 1.29 is 9.90 Å². The zero-order valence-electron chi connectivity index (χ0n) is 8.93. The number of rotatable bonds is 3. The Bertz CT molecular complexity index is 514. The van der Waals surface area contributed by atoms with E-state index in [0.29, 0.717) is 5.56 Å². The zero-order valence-corrected chi connectivity index (χ0v) is 9.75. The molecule has 2 aromatic rings. The summed E-state index contributed by atoms with van der Waals surface area (Å²) in [5.74, 6) is -0.869. The van der Waals surface area contributed by atoms with Crippen LogP contribution in [0.2, 0.25) is 0 Å². The highest BCUT2D eigenvalue weighted by molar-refractivity contribution is 7.13. The molecular weight excluding hydrogens is 220 g/mol. The molecule has 2 rings (SSSR count). The Kier molecular flexibility index (Phi) is 3.06. The monoisotopic (exact) mass is 232 g/mol. The van der Waals surface area contributed by atoms with Gasteiger partial charge in [0.15, 0.2) is 0 Å². The number of aromatic carboxylic acids is 1. The molecule has 3 heteroatoms. The third-order valence-electron chi connectivity index (χ3n) is 2.53. The molecule has 1 heterocycles. The van der Waals surface area contributed by atoms with E-state index in [-0.39, 0.29) is 0 Å². The molecule has 0 saturated carbocycles. The molecule has 0 spiro atoms. The highest BCUT2D eigenvalue weighted by Crippen LogP contribution is 2.32. The van der Waals surface area contributed by atoms with E-state index in [4.69, 9.17) is 5.11 Å². The Labute approximate surface area is 98.2 Å². The summed E-state index contributed by atoms with van der Waals surface area (Å²) in [5.41, 5.74) is 2.40. The van der Waals surface area contributed by atoms with Gasteiger partial charge in [-0.2, -0.15) is 0 Å². The van der Waals surface area contributed by atoms with Gasteiger partial charge in [0.25, 0.3) is 0 Å². The Hall–Kier alpha value is -1.61. The SMILES string of the molecule is CCc1ccsc1-c1ccccc1C(=O)O. The molecule has 2 nitrogen and oxygen atoms in total. The topological polar surface area (TPSA) is 37.3 Å². The van der Waals surface area contributed by atoms with Crippen molar-refractivity contribution in [3.8, 4) is 10.4 Å². The fraction of sp³-hybridized carbons (Fsp3) is 0.154. The average molecular weight is 232 g/mol. The number of aryl methyl sites for hydroxylation is 1. The molecule has 16 heavy (non-hydrogen) atoms. The number of benzene rings is 1. The molecule has 0 unspecified atom stereocenters. The minimum Gasteiger partial charge on any atom is -0.478 e. The molecule has 82 valence electrons. The highest BCUT2D eigenvalue weighted by Gasteiger charge is 2.13. The van der Waals surface area contributed by atoms with Crippen LogP contribution in [0.4, 0.5) is 0 Å². The van der Waals surface area contributed by atoms with Gasteiger partial charge in [-0.1, -0.05) is 25.1 Å². The van der Waals surface area contributed by atoms with Crippen LogP contribution in [-0.4, -0.2) is 11.1 Å². The van der Waals surface area contributed by atoms with Crippen molar-refractivity contribution in [3.05, 3.63) is 46.8 Å². The molecule has 1 aromatic carbocycles. The van der Waals surface area contributed by atoms with Crippen molar-refractivity contribution in [2.75, 3.05) is 0 Å². The average Bonchev–Trinajstić information content (AvgIpc) is 2.76. The first-order valence-corrected chi connectivity index (χ1v) is 6.01. The summed E-state index contributed by atoms with van der Waals surface area (Å²) >= 11 is 1.60. The van der Waals surface area contributed by atoms with Crippen molar-refractivity contribution in [3.63, 3.8) is 0 Å². The van der Waals surface area contributed by atoms with Crippen LogP contribution in [-0.2, 0) is 6.42 Å². The van der Waals surface area contributed by atoms with E-state index in [0.717, 1.165) is 16.9 Å². The van der Waals surface area contributed by atoms with Crippen molar-refractivity contribution in [2.45, 2.75) is 13.3 Å². The van der Waals surface area contributed by atoms with E-state index in [1.54, 1.807) is 23.5 Å². The van der Waals surface area contributed by atoms with Gasteiger partial charge in [-0.3, -0.25) is 0 Å². The largest absolute Gasteiger partial charge is 0.478 e. The summed E-state index contributed by atoms with van der Waals surface area (Å²) in [6.45, 7) is 2.08. The van der Waals surface area contributed by atoms with Crippen LogP contribution < -0.4 is 0 Å². The van der Waals surface area contributed by atoms with E-state index in [1.165, 1.54) is 5.56 Å². The normalized spacial score (nSPS) is 10.3. The summed E-state index contributed by atoms with van der Waals surface area (Å²) in [7, 11) is 0. The van der Waals surface area contributed by atoms with Crippen LogP contribution in [0.25, 0.3) is 10.4 Å². The van der Waals surface area contributed by atoms with Crippen LogP contribution in [0.1, 0.15) is 22.8 Å².